The van der Waals surface area contributed by atoms with Crippen LogP contribution in [-0.4, -0.2) is 4.98 Å². The summed E-state index contributed by atoms with van der Waals surface area (Å²) < 4.78 is 25.9. The lowest BCUT2D eigenvalue weighted by Crippen LogP contribution is -1.82. The first-order valence-electron chi connectivity index (χ1n) is 4.18. The van der Waals surface area contributed by atoms with E-state index in [2.05, 4.69) is 4.98 Å². The summed E-state index contributed by atoms with van der Waals surface area (Å²) in [4.78, 5) is 3.01. The lowest BCUT2D eigenvalue weighted by molar-refractivity contribution is 0.517. The van der Waals surface area contributed by atoms with Crippen molar-refractivity contribution in [2.75, 3.05) is 0 Å². The first-order valence-corrected chi connectivity index (χ1v) is 4.18. The second-order valence-corrected chi connectivity index (χ2v) is 2.97. The minimum atomic E-state index is -0.797. The summed E-state index contributed by atoms with van der Waals surface area (Å²) in [5, 5.41) is 0.330. The molecule has 0 fully saturated rings. The van der Waals surface area contributed by atoms with Gasteiger partial charge in [0.05, 0.1) is 0 Å². The Labute approximate surface area is 74.4 Å². The molecular formula is C10H9F2N. The first-order chi connectivity index (χ1) is 6.22. The number of hydrogen-bond donors (Lipinski definition) is 1. The molecule has 3 heteroatoms. The van der Waals surface area contributed by atoms with E-state index in [-0.39, 0.29) is 0 Å². The van der Waals surface area contributed by atoms with Gasteiger partial charge in [0.1, 0.15) is 0 Å². The molecule has 1 N–H and O–H groups in total. The number of benzene rings is 1. The molecule has 0 spiro atoms. The van der Waals surface area contributed by atoms with Crippen molar-refractivity contribution in [3.05, 3.63) is 35.5 Å². The third-order valence-corrected chi connectivity index (χ3v) is 2.13. The predicted octanol–water partition coefficient (Wildman–Crippen LogP) is 3.01. The maximum Gasteiger partial charge on any atom is 0.168 e. The second kappa shape index (κ2) is 2.83. The van der Waals surface area contributed by atoms with Crippen molar-refractivity contribution < 1.29 is 8.78 Å². The van der Waals surface area contributed by atoms with E-state index >= 15 is 0 Å². The monoisotopic (exact) mass is 181 g/mol. The minimum absolute atomic E-state index is 0.330. The van der Waals surface area contributed by atoms with E-state index in [0.717, 1.165) is 18.2 Å². The lowest BCUT2D eigenvalue weighted by Gasteiger charge is -1.92. The van der Waals surface area contributed by atoms with Crippen molar-refractivity contribution in [2.45, 2.75) is 13.3 Å². The van der Waals surface area contributed by atoms with Crippen molar-refractivity contribution in [3.63, 3.8) is 0 Å². The Bertz CT molecular complexity index is 445. The van der Waals surface area contributed by atoms with Gasteiger partial charge in [0.2, 0.25) is 0 Å². The number of fused-ring (bicyclic) bond motifs is 1. The summed E-state index contributed by atoms with van der Waals surface area (Å²) >= 11 is 0. The van der Waals surface area contributed by atoms with E-state index < -0.39 is 11.6 Å². The maximum atomic E-state index is 13.2. The molecule has 0 saturated heterocycles. The fourth-order valence-corrected chi connectivity index (χ4v) is 1.39. The largest absolute Gasteiger partial charge is 0.358 e. The van der Waals surface area contributed by atoms with Gasteiger partial charge in [0.25, 0.3) is 0 Å². The highest BCUT2D eigenvalue weighted by atomic mass is 19.2. The van der Waals surface area contributed by atoms with Gasteiger partial charge in [0, 0.05) is 16.6 Å². The zero-order valence-electron chi connectivity index (χ0n) is 7.20. The van der Waals surface area contributed by atoms with Crippen LogP contribution in [0.15, 0.2) is 18.2 Å². The molecule has 13 heavy (non-hydrogen) atoms. The molecule has 0 aliphatic heterocycles. The van der Waals surface area contributed by atoms with Gasteiger partial charge >= 0.3 is 0 Å². The van der Waals surface area contributed by atoms with Crippen LogP contribution in [0.4, 0.5) is 8.78 Å². The fourth-order valence-electron chi connectivity index (χ4n) is 1.39. The van der Waals surface area contributed by atoms with Crippen molar-refractivity contribution in [1.29, 1.82) is 0 Å². The van der Waals surface area contributed by atoms with E-state index in [1.54, 1.807) is 12.1 Å². The van der Waals surface area contributed by atoms with Crippen LogP contribution in [0.25, 0.3) is 10.9 Å². The van der Waals surface area contributed by atoms with Crippen LogP contribution in [0.5, 0.6) is 0 Å². The molecule has 0 saturated carbocycles. The number of nitrogens with one attached hydrogen (secondary N) is 1. The summed E-state index contributed by atoms with van der Waals surface area (Å²) in [6, 6.07) is 4.33. The zero-order chi connectivity index (χ0) is 9.42. The van der Waals surface area contributed by atoms with Crippen molar-refractivity contribution in [2.24, 2.45) is 0 Å². The molecule has 1 heterocycles. The quantitative estimate of drug-likeness (QED) is 0.696. The average molecular weight is 181 g/mol. The number of aromatic nitrogens is 1. The number of hydrogen-bond acceptors (Lipinski definition) is 0. The third-order valence-electron chi connectivity index (χ3n) is 2.13. The highest BCUT2D eigenvalue weighted by molar-refractivity contribution is 5.81. The molecule has 68 valence electrons. The van der Waals surface area contributed by atoms with Gasteiger partial charge < -0.3 is 4.98 Å². The smallest absolute Gasteiger partial charge is 0.168 e. The van der Waals surface area contributed by atoms with E-state index in [0.29, 0.717) is 10.9 Å². The Morgan fingerprint density at radius 1 is 1.31 bits per heavy atom. The number of H-pyrrole nitrogens is 1. The molecule has 1 aromatic carbocycles. The molecule has 1 nitrogen and oxygen atoms in total. The number of aromatic amines is 1. The van der Waals surface area contributed by atoms with Crippen molar-refractivity contribution >= 4 is 10.9 Å². The van der Waals surface area contributed by atoms with Gasteiger partial charge in [0.15, 0.2) is 11.6 Å². The van der Waals surface area contributed by atoms with E-state index in [9.17, 15) is 8.78 Å². The van der Waals surface area contributed by atoms with Crippen LogP contribution in [0.3, 0.4) is 0 Å². The molecule has 1 aromatic heterocycles. The van der Waals surface area contributed by atoms with Crippen LogP contribution in [-0.2, 0) is 6.42 Å². The highest BCUT2D eigenvalue weighted by Crippen LogP contribution is 2.21. The molecule has 2 rings (SSSR count). The normalized spacial score (nSPS) is 11.0. The first kappa shape index (κ1) is 8.23. The molecule has 0 unspecified atom stereocenters. The van der Waals surface area contributed by atoms with Crippen LogP contribution < -0.4 is 0 Å². The number of rotatable bonds is 1. The maximum absolute atomic E-state index is 13.2. The predicted molar refractivity (Wildman–Crippen MR) is 47.6 cm³/mol. The summed E-state index contributed by atoms with van der Waals surface area (Å²) in [5.74, 6) is -1.57. The molecule has 0 radical (unpaired) electrons. The number of aryl methyl sites for hydroxylation is 1. The highest BCUT2D eigenvalue weighted by Gasteiger charge is 2.08. The Hall–Kier alpha value is -1.38. The molecule has 0 bridgehead atoms. The Morgan fingerprint density at radius 3 is 2.77 bits per heavy atom. The van der Waals surface area contributed by atoms with E-state index in [1.807, 2.05) is 6.92 Å². The Morgan fingerprint density at radius 2 is 2.08 bits per heavy atom. The molecule has 2 aromatic rings. The molecule has 0 amide bonds. The molecular weight excluding hydrogens is 172 g/mol. The zero-order valence-corrected chi connectivity index (χ0v) is 7.20. The summed E-state index contributed by atoms with van der Waals surface area (Å²) in [7, 11) is 0. The Kier molecular flexibility index (Phi) is 1.79. The molecule has 0 atom stereocenters. The van der Waals surface area contributed by atoms with Gasteiger partial charge in [-0.05, 0) is 24.6 Å². The third kappa shape index (κ3) is 1.20. The summed E-state index contributed by atoms with van der Waals surface area (Å²) in [6.45, 7) is 1.96. The number of halogens is 2. The fraction of sp³-hybridized carbons (Fsp3) is 0.200. The van der Waals surface area contributed by atoms with E-state index in [1.165, 1.54) is 0 Å². The van der Waals surface area contributed by atoms with Crippen molar-refractivity contribution in [3.8, 4) is 0 Å². The van der Waals surface area contributed by atoms with Gasteiger partial charge in [-0.1, -0.05) is 6.92 Å². The van der Waals surface area contributed by atoms with Crippen molar-refractivity contribution in [1.82, 2.24) is 4.98 Å². The van der Waals surface area contributed by atoms with Gasteiger partial charge in [-0.3, -0.25) is 0 Å². The lowest BCUT2D eigenvalue weighted by atomic mass is 10.2. The van der Waals surface area contributed by atoms with Gasteiger partial charge in [-0.2, -0.15) is 0 Å². The second-order valence-electron chi connectivity index (χ2n) is 2.97. The SMILES string of the molecule is CCc1cc2c(F)c(F)ccc2[nH]1. The van der Waals surface area contributed by atoms with Crippen LogP contribution in [0, 0.1) is 11.6 Å². The van der Waals surface area contributed by atoms with Crippen LogP contribution in [0.2, 0.25) is 0 Å². The summed E-state index contributed by atoms with van der Waals surface area (Å²) in [6.07, 6.45) is 0.787. The van der Waals surface area contributed by atoms with Gasteiger partial charge in [-0.15, -0.1) is 0 Å². The topological polar surface area (TPSA) is 15.8 Å². The standard InChI is InChI=1S/C10H9F2N/c1-2-6-5-7-9(13-6)4-3-8(11)10(7)12/h3-5,13H,2H2,1H3. The molecule has 0 aliphatic rings. The summed E-state index contributed by atoms with van der Waals surface area (Å²) in [5.41, 5.74) is 1.57. The average Bonchev–Trinajstić information content (AvgIpc) is 2.55. The van der Waals surface area contributed by atoms with Gasteiger partial charge in [-0.25, -0.2) is 8.78 Å². The van der Waals surface area contributed by atoms with E-state index in [4.69, 9.17) is 0 Å². The van der Waals surface area contributed by atoms with Crippen LogP contribution >= 0.6 is 0 Å². The molecule has 0 aliphatic carbocycles. The minimum Gasteiger partial charge on any atom is -0.358 e. The van der Waals surface area contributed by atoms with Crippen LogP contribution in [0.1, 0.15) is 12.6 Å². The Balaban J connectivity index is 2.76.